The van der Waals surface area contributed by atoms with Crippen LogP contribution in [0, 0.1) is 11.3 Å². The zero-order valence-corrected chi connectivity index (χ0v) is 14.1. The molecule has 0 aromatic carbocycles. The molecule has 0 radical (unpaired) electrons. The minimum Gasteiger partial charge on any atom is -0.313 e. The third kappa shape index (κ3) is 5.34. The van der Waals surface area contributed by atoms with E-state index in [9.17, 15) is 0 Å². The zero-order valence-electron chi connectivity index (χ0n) is 14.1. The summed E-state index contributed by atoms with van der Waals surface area (Å²) >= 11 is 0. The van der Waals surface area contributed by atoms with Crippen LogP contribution in [0.1, 0.15) is 47.0 Å². The van der Waals surface area contributed by atoms with Crippen LogP contribution in [0.3, 0.4) is 0 Å². The summed E-state index contributed by atoms with van der Waals surface area (Å²) in [5, 5.41) is 3.74. The summed E-state index contributed by atoms with van der Waals surface area (Å²) in [5.41, 5.74) is 0.447. The molecule has 1 heterocycles. The van der Waals surface area contributed by atoms with Crippen LogP contribution in [0.25, 0.3) is 0 Å². The zero-order chi connectivity index (χ0) is 14.6. The minimum atomic E-state index is 0.447. The van der Waals surface area contributed by atoms with Gasteiger partial charge < -0.3 is 15.1 Å². The molecule has 1 aliphatic heterocycles. The van der Waals surface area contributed by atoms with Gasteiger partial charge in [0.2, 0.25) is 0 Å². The topological polar surface area (TPSA) is 18.5 Å². The molecule has 0 aromatic rings. The minimum absolute atomic E-state index is 0.447. The van der Waals surface area contributed by atoms with Gasteiger partial charge in [0.05, 0.1) is 0 Å². The van der Waals surface area contributed by atoms with E-state index in [4.69, 9.17) is 0 Å². The van der Waals surface area contributed by atoms with Crippen LogP contribution in [-0.4, -0.2) is 61.7 Å². The van der Waals surface area contributed by atoms with E-state index < -0.39 is 0 Å². The van der Waals surface area contributed by atoms with E-state index in [0.29, 0.717) is 5.41 Å². The Labute approximate surface area is 126 Å². The monoisotopic (exact) mass is 281 g/mol. The molecule has 118 valence electrons. The first-order valence-electron chi connectivity index (χ1n) is 8.69. The fourth-order valence-corrected chi connectivity index (χ4v) is 3.16. The quantitative estimate of drug-likeness (QED) is 0.737. The molecule has 1 saturated carbocycles. The summed E-state index contributed by atoms with van der Waals surface area (Å²) in [5.74, 6) is 0.796. The molecular weight excluding hydrogens is 246 g/mol. The molecule has 1 N–H and O–H groups in total. The van der Waals surface area contributed by atoms with Crippen molar-refractivity contribution in [3.05, 3.63) is 0 Å². The van der Waals surface area contributed by atoms with Crippen molar-refractivity contribution >= 4 is 0 Å². The second kappa shape index (κ2) is 7.24. The lowest BCUT2D eigenvalue weighted by Crippen LogP contribution is -2.51. The van der Waals surface area contributed by atoms with Gasteiger partial charge in [-0.2, -0.15) is 0 Å². The van der Waals surface area contributed by atoms with Crippen LogP contribution in [0.2, 0.25) is 0 Å². The van der Waals surface area contributed by atoms with Gasteiger partial charge in [0, 0.05) is 51.9 Å². The third-order valence-electron chi connectivity index (χ3n) is 4.94. The lowest BCUT2D eigenvalue weighted by atomic mass is 9.86. The van der Waals surface area contributed by atoms with E-state index in [-0.39, 0.29) is 0 Å². The van der Waals surface area contributed by atoms with Crippen molar-refractivity contribution in [3.8, 4) is 0 Å². The molecule has 1 atom stereocenters. The average molecular weight is 281 g/mol. The first-order chi connectivity index (χ1) is 9.50. The number of nitrogens with zero attached hydrogens (tertiary/aromatic N) is 2. The Bertz CT molecular complexity index is 280. The highest BCUT2D eigenvalue weighted by Gasteiger charge is 2.30. The molecule has 2 fully saturated rings. The van der Waals surface area contributed by atoms with Gasteiger partial charge >= 0.3 is 0 Å². The molecule has 2 rings (SSSR count). The van der Waals surface area contributed by atoms with E-state index in [0.717, 1.165) is 12.0 Å². The molecule has 0 amide bonds. The van der Waals surface area contributed by atoms with E-state index in [2.05, 4.69) is 42.8 Å². The molecule has 0 aromatic heterocycles. The summed E-state index contributed by atoms with van der Waals surface area (Å²) in [7, 11) is 0. The third-order valence-corrected chi connectivity index (χ3v) is 4.94. The van der Waals surface area contributed by atoms with Gasteiger partial charge in [0.25, 0.3) is 0 Å². The Kier molecular flexibility index (Phi) is 5.88. The van der Waals surface area contributed by atoms with Gasteiger partial charge in [-0.3, -0.25) is 0 Å². The molecule has 3 nitrogen and oxygen atoms in total. The van der Waals surface area contributed by atoms with E-state index in [1.54, 1.807) is 0 Å². The van der Waals surface area contributed by atoms with Crippen molar-refractivity contribution in [1.29, 1.82) is 0 Å². The van der Waals surface area contributed by atoms with E-state index >= 15 is 0 Å². The smallest absolute Gasteiger partial charge is 0.0110 e. The molecule has 0 spiro atoms. The largest absolute Gasteiger partial charge is 0.313 e. The van der Waals surface area contributed by atoms with Crippen molar-refractivity contribution in [2.24, 2.45) is 11.3 Å². The number of piperazine rings is 1. The maximum Gasteiger partial charge on any atom is 0.0110 e. The van der Waals surface area contributed by atoms with Gasteiger partial charge in [0.15, 0.2) is 0 Å². The highest BCUT2D eigenvalue weighted by atomic mass is 15.3. The average Bonchev–Trinajstić information content (AvgIpc) is 3.22. The van der Waals surface area contributed by atoms with Crippen LogP contribution in [0.4, 0.5) is 0 Å². The molecule has 1 aliphatic carbocycles. The van der Waals surface area contributed by atoms with E-state index in [1.165, 1.54) is 65.1 Å². The number of rotatable bonds is 8. The fourth-order valence-electron chi connectivity index (χ4n) is 3.16. The van der Waals surface area contributed by atoms with Gasteiger partial charge in [-0.1, -0.05) is 27.7 Å². The van der Waals surface area contributed by atoms with Crippen molar-refractivity contribution in [3.63, 3.8) is 0 Å². The first kappa shape index (κ1) is 16.3. The summed E-state index contributed by atoms with van der Waals surface area (Å²) in [6.07, 6.45) is 4.07. The van der Waals surface area contributed by atoms with Gasteiger partial charge in [-0.25, -0.2) is 0 Å². The van der Waals surface area contributed by atoms with Crippen LogP contribution < -0.4 is 5.32 Å². The Morgan fingerprint density at radius 2 is 1.70 bits per heavy atom. The fraction of sp³-hybridized carbons (Fsp3) is 1.00. The summed E-state index contributed by atoms with van der Waals surface area (Å²) in [4.78, 5) is 5.32. The maximum atomic E-state index is 3.74. The molecule has 1 saturated heterocycles. The molecule has 2 aliphatic rings. The van der Waals surface area contributed by atoms with Crippen molar-refractivity contribution in [1.82, 2.24) is 15.1 Å². The predicted octanol–water partition coefficient (Wildman–Crippen LogP) is 2.43. The number of nitrogens with one attached hydrogen (secondary N) is 1. The van der Waals surface area contributed by atoms with Crippen molar-refractivity contribution in [2.45, 2.75) is 53.0 Å². The maximum absolute atomic E-state index is 3.74. The second-order valence-corrected chi connectivity index (χ2v) is 7.79. The van der Waals surface area contributed by atoms with Gasteiger partial charge in [0.1, 0.15) is 0 Å². The molecule has 20 heavy (non-hydrogen) atoms. The van der Waals surface area contributed by atoms with Crippen LogP contribution >= 0.6 is 0 Å². The van der Waals surface area contributed by atoms with Crippen molar-refractivity contribution in [2.75, 3.05) is 45.8 Å². The van der Waals surface area contributed by atoms with Crippen LogP contribution in [-0.2, 0) is 0 Å². The Hall–Kier alpha value is -0.120. The van der Waals surface area contributed by atoms with Crippen molar-refractivity contribution < 1.29 is 0 Å². The number of hydrogen-bond donors (Lipinski definition) is 1. The molecular formula is C17H35N3. The highest BCUT2D eigenvalue weighted by molar-refractivity contribution is 4.87. The Morgan fingerprint density at radius 1 is 1.10 bits per heavy atom. The lowest BCUT2D eigenvalue weighted by Gasteiger charge is -2.40. The molecule has 1 unspecified atom stereocenters. The number of hydrogen-bond acceptors (Lipinski definition) is 3. The summed E-state index contributed by atoms with van der Waals surface area (Å²) in [6, 6.07) is 0.837. The van der Waals surface area contributed by atoms with E-state index in [1.807, 2.05) is 0 Å². The molecule has 3 heteroatoms. The first-order valence-corrected chi connectivity index (χ1v) is 8.69. The van der Waals surface area contributed by atoms with Gasteiger partial charge in [-0.15, -0.1) is 0 Å². The molecule has 0 bridgehead atoms. The van der Waals surface area contributed by atoms with Gasteiger partial charge in [-0.05, 0) is 30.6 Å². The predicted molar refractivity (Wildman–Crippen MR) is 87.1 cm³/mol. The summed E-state index contributed by atoms with van der Waals surface area (Å²) in [6.45, 7) is 18.2. The Balaban J connectivity index is 1.71. The highest BCUT2D eigenvalue weighted by Crippen LogP contribution is 2.26. The Morgan fingerprint density at radius 3 is 2.20 bits per heavy atom. The standard InChI is InChI=1S/C17H35N3/c1-5-17(4,13-18-16-6-7-16)14-20-10-8-19(9-11-20)12-15(2)3/h15-16,18H,5-14H2,1-4H3. The SMILES string of the molecule is CCC(C)(CNC1CC1)CN1CCN(CC(C)C)CC1. The van der Waals surface area contributed by atoms with Crippen LogP contribution in [0.5, 0.6) is 0 Å². The van der Waals surface area contributed by atoms with Crippen LogP contribution in [0.15, 0.2) is 0 Å². The lowest BCUT2D eigenvalue weighted by molar-refractivity contribution is 0.0824. The second-order valence-electron chi connectivity index (χ2n) is 7.79. The summed E-state index contributed by atoms with van der Waals surface area (Å²) < 4.78 is 0. The normalized spacial score (nSPS) is 25.1.